The third-order valence-electron chi connectivity index (χ3n) is 5.94. The highest BCUT2D eigenvalue weighted by atomic mass is 79.9. The number of hydrogen-bond acceptors (Lipinski definition) is 5. The van der Waals surface area contributed by atoms with Crippen LogP contribution in [0, 0.1) is 5.82 Å². The number of fused-ring (bicyclic) bond motifs is 3. The van der Waals surface area contributed by atoms with Gasteiger partial charge in [-0.1, -0.05) is 0 Å². The van der Waals surface area contributed by atoms with E-state index in [1.54, 1.807) is 18.2 Å². The summed E-state index contributed by atoms with van der Waals surface area (Å²) in [5.41, 5.74) is 0.510. The Kier molecular flexibility index (Phi) is 4.52. The zero-order valence-corrected chi connectivity index (χ0v) is 17.7. The summed E-state index contributed by atoms with van der Waals surface area (Å²) >= 11 is 4.66. The number of piperidine rings is 1. The first-order chi connectivity index (χ1) is 13.5. The van der Waals surface area contributed by atoms with Crippen LogP contribution < -0.4 is 10.3 Å². The van der Waals surface area contributed by atoms with Gasteiger partial charge in [-0.15, -0.1) is 11.3 Å². The maximum Gasteiger partial charge on any atom is 0.275 e. The highest BCUT2D eigenvalue weighted by Gasteiger charge is 2.39. The van der Waals surface area contributed by atoms with E-state index in [2.05, 4.69) is 32.9 Å². The van der Waals surface area contributed by atoms with E-state index in [0.717, 1.165) is 16.6 Å². The SMILES string of the molecule is CN1C2CCC1CC(Oc1ccc(-n3cnc4cc(Br)sc4c3=O)c(F)c1)C2. The minimum atomic E-state index is -0.493. The average Bonchev–Trinajstić information content (AvgIpc) is 3.12. The largest absolute Gasteiger partial charge is 0.490 e. The number of halogens is 2. The van der Waals surface area contributed by atoms with E-state index in [1.165, 1.54) is 41.1 Å². The summed E-state index contributed by atoms with van der Waals surface area (Å²) in [6.45, 7) is 0. The fourth-order valence-electron chi connectivity index (χ4n) is 4.46. The summed E-state index contributed by atoms with van der Waals surface area (Å²) in [5, 5.41) is 0. The Hall–Kier alpha value is -1.77. The lowest BCUT2D eigenvalue weighted by atomic mass is 10.0. The Morgan fingerprint density at radius 2 is 2.00 bits per heavy atom. The summed E-state index contributed by atoms with van der Waals surface area (Å²) in [6.07, 6.45) is 5.87. The zero-order chi connectivity index (χ0) is 19.4. The standard InChI is InChI=1S/C20H19BrFN3O2S/c1-24-11-2-3-12(24)7-14(6-11)27-13-4-5-17(15(22)8-13)25-10-23-16-9-18(21)28-19(16)20(25)26/h4-5,8-12,14H,2-3,6-7H2,1H3. The van der Waals surface area contributed by atoms with Crippen LogP contribution in [-0.2, 0) is 0 Å². The van der Waals surface area contributed by atoms with Crippen molar-refractivity contribution in [1.29, 1.82) is 0 Å². The average molecular weight is 464 g/mol. The molecule has 0 radical (unpaired) electrons. The number of benzene rings is 1. The Bertz CT molecular complexity index is 1100. The van der Waals surface area contributed by atoms with Gasteiger partial charge in [-0.25, -0.2) is 9.37 Å². The van der Waals surface area contributed by atoms with Crippen LogP contribution in [0.25, 0.3) is 15.9 Å². The molecule has 0 aliphatic carbocycles. The van der Waals surface area contributed by atoms with Crippen molar-refractivity contribution < 1.29 is 9.13 Å². The van der Waals surface area contributed by atoms with Gasteiger partial charge in [0.05, 0.1) is 15.0 Å². The molecule has 4 heterocycles. The van der Waals surface area contributed by atoms with Gasteiger partial charge in [-0.2, -0.15) is 0 Å². The third kappa shape index (κ3) is 3.07. The van der Waals surface area contributed by atoms with Crippen LogP contribution in [0.4, 0.5) is 4.39 Å². The van der Waals surface area contributed by atoms with E-state index in [-0.39, 0.29) is 17.4 Å². The second-order valence-corrected chi connectivity index (χ2v) is 9.99. The van der Waals surface area contributed by atoms with E-state index in [9.17, 15) is 9.18 Å². The van der Waals surface area contributed by atoms with E-state index in [4.69, 9.17) is 4.74 Å². The third-order valence-corrected chi connectivity index (χ3v) is 7.56. The molecule has 28 heavy (non-hydrogen) atoms. The van der Waals surface area contributed by atoms with Gasteiger partial charge in [0.2, 0.25) is 0 Å². The van der Waals surface area contributed by atoms with Crippen molar-refractivity contribution in [3.8, 4) is 11.4 Å². The van der Waals surface area contributed by atoms with Gasteiger partial charge in [0, 0.05) is 18.2 Å². The van der Waals surface area contributed by atoms with Crippen molar-refractivity contribution in [2.45, 2.75) is 43.9 Å². The predicted octanol–water partition coefficient (Wildman–Crippen LogP) is 4.35. The monoisotopic (exact) mass is 463 g/mol. The molecule has 2 atom stereocenters. The lowest BCUT2D eigenvalue weighted by Gasteiger charge is -2.36. The summed E-state index contributed by atoms with van der Waals surface area (Å²) in [4.78, 5) is 19.4. The lowest BCUT2D eigenvalue weighted by molar-refractivity contribution is 0.0660. The van der Waals surface area contributed by atoms with Crippen molar-refractivity contribution in [3.63, 3.8) is 0 Å². The molecule has 8 heteroatoms. The van der Waals surface area contributed by atoms with Crippen LogP contribution in [0.5, 0.6) is 5.75 Å². The second kappa shape index (κ2) is 6.93. The highest BCUT2D eigenvalue weighted by Crippen LogP contribution is 2.36. The van der Waals surface area contributed by atoms with Gasteiger partial charge in [-0.3, -0.25) is 9.36 Å². The van der Waals surface area contributed by atoms with Crippen molar-refractivity contribution in [2.75, 3.05) is 7.05 Å². The van der Waals surface area contributed by atoms with Crippen LogP contribution in [0.2, 0.25) is 0 Å². The van der Waals surface area contributed by atoms with Crippen LogP contribution >= 0.6 is 27.3 Å². The summed E-state index contributed by atoms with van der Waals surface area (Å²) < 4.78 is 23.5. The fraction of sp³-hybridized carbons (Fsp3) is 0.400. The minimum Gasteiger partial charge on any atom is -0.490 e. The molecule has 0 amide bonds. The molecular formula is C20H19BrFN3O2S. The molecule has 2 saturated heterocycles. The van der Waals surface area contributed by atoms with Gasteiger partial charge in [-0.05, 0) is 66.9 Å². The van der Waals surface area contributed by atoms with Crippen molar-refractivity contribution in [2.24, 2.45) is 0 Å². The minimum absolute atomic E-state index is 0.114. The number of ether oxygens (including phenoxy) is 1. The quantitative estimate of drug-likeness (QED) is 0.579. The number of rotatable bonds is 3. The molecule has 5 rings (SSSR count). The Morgan fingerprint density at radius 3 is 2.71 bits per heavy atom. The molecule has 2 fully saturated rings. The molecule has 146 valence electrons. The number of aromatic nitrogens is 2. The van der Waals surface area contributed by atoms with Gasteiger partial charge < -0.3 is 9.64 Å². The van der Waals surface area contributed by atoms with E-state index in [1.807, 2.05) is 0 Å². The van der Waals surface area contributed by atoms with Crippen LogP contribution in [-0.4, -0.2) is 39.7 Å². The van der Waals surface area contributed by atoms with Gasteiger partial charge >= 0.3 is 0 Å². The van der Waals surface area contributed by atoms with Crippen molar-refractivity contribution >= 4 is 37.5 Å². The van der Waals surface area contributed by atoms with Crippen LogP contribution in [0.15, 0.2) is 39.2 Å². The topological polar surface area (TPSA) is 47.4 Å². The molecule has 5 nitrogen and oxygen atoms in total. The first kappa shape index (κ1) is 18.3. The normalized spacial score (nSPS) is 24.8. The second-order valence-electron chi connectivity index (χ2n) is 7.56. The van der Waals surface area contributed by atoms with Crippen molar-refractivity contribution in [1.82, 2.24) is 14.5 Å². The number of thiophene rings is 1. The first-order valence-corrected chi connectivity index (χ1v) is 11.0. The smallest absolute Gasteiger partial charge is 0.275 e. The molecule has 1 aromatic carbocycles. The Labute approximate surface area is 173 Å². The maximum atomic E-state index is 14.8. The highest BCUT2D eigenvalue weighted by molar-refractivity contribution is 9.11. The maximum absolute atomic E-state index is 14.8. The molecule has 0 N–H and O–H groups in total. The summed E-state index contributed by atoms with van der Waals surface area (Å²) in [7, 11) is 2.18. The lowest BCUT2D eigenvalue weighted by Crippen LogP contribution is -2.43. The molecule has 0 saturated carbocycles. The molecule has 2 aromatic heterocycles. The van der Waals surface area contributed by atoms with Crippen LogP contribution in [0.1, 0.15) is 25.7 Å². The van der Waals surface area contributed by atoms with E-state index in [0.29, 0.717) is 28.0 Å². The zero-order valence-electron chi connectivity index (χ0n) is 15.3. The molecule has 2 aliphatic rings. The van der Waals surface area contributed by atoms with Crippen molar-refractivity contribution in [3.05, 3.63) is 50.6 Å². The van der Waals surface area contributed by atoms with Gasteiger partial charge in [0.1, 0.15) is 22.9 Å². The Morgan fingerprint density at radius 1 is 1.25 bits per heavy atom. The predicted molar refractivity (Wildman–Crippen MR) is 111 cm³/mol. The first-order valence-electron chi connectivity index (χ1n) is 9.35. The Balaban J connectivity index is 1.41. The molecule has 2 aliphatic heterocycles. The molecule has 3 aromatic rings. The molecule has 2 unspecified atom stereocenters. The van der Waals surface area contributed by atoms with Gasteiger partial charge in [0.25, 0.3) is 5.56 Å². The van der Waals surface area contributed by atoms with Gasteiger partial charge in [0.15, 0.2) is 5.82 Å². The molecule has 0 spiro atoms. The summed E-state index contributed by atoms with van der Waals surface area (Å²) in [6, 6.07) is 7.61. The van der Waals surface area contributed by atoms with E-state index >= 15 is 0 Å². The number of nitrogens with zero attached hydrogens (tertiary/aromatic N) is 3. The fourth-order valence-corrected chi connectivity index (χ4v) is 5.93. The van der Waals surface area contributed by atoms with E-state index < -0.39 is 5.82 Å². The summed E-state index contributed by atoms with van der Waals surface area (Å²) in [5.74, 6) is 0.0171. The number of hydrogen-bond donors (Lipinski definition) is 0. The molecule has 2 bridgehead atoms. The van der Waals surface area contributed by atoms with Crippen LogP contribution in [0.3, 0.4) is 0 Å². The molecular weight excluding hydrogens is 445 g/mol.